The van der Waals surface area contributed by atoms with E-state index in [0.29, 0.717) is 18.0 Å². The second-order valence-corrected chi connectivity index (χ2v) is 3.71. The summed E-state index contributed by atoms with van der Waals surface area (Å²) in [5.41, 5.74) is -1.62. The molecule has 0 aliphatic carbocycles. The Morgan fingerprint density at radius 3 is 2.57 bits per heavy atom. The molecule has 0 unspecified atom stereocenters. The number of halogens is 1. The lowest BCUT2D eigenvalue weighted by molar-refractivity contribution is 0.341. The minimum absolute atomic E-state index is 0. The number of azo groups is 1. The molecule has 0 aliphatic rings. The molecule has 0 amide bonds. The maximum atomic E-state index is 11.5. The third kappa shape index (κ3) is 3.93. The number of hydrogen-bond acceptors (Lipinski definition) is 6. The predicted molar refractivity (Wildman–Crippen MR) is 78.4 cm³/mol. The molecule has 0 fully saturated rings. The van der Waals surface area contributed by atoms with Crippen LogP contribution in [0.15, 0.2) is 44.1 Å². The summed E-state index contributed by atoms with van der Waals surface area (Å²) in [4.78, 5) is 26.3. The number of H-pyrrole nitrogens is 2. The normalized spacial score (nSPS) is 10.3. The maximum Gasteiger partial charge on any atom is 0.328 e. The maximum absolute atomic E-state index is 11.5. The fourth-order valence-electron chi connectivity index (χ4n) is 1.48. The first-order valence-electron chi connectivity index (χ1n) is 5.81. The van der Waals surface area contributed by atoms with Crippen molar-refractivity contribution in [1.29, 1.82) is 0 Å². The lowest BCUT2D eigenvalue weighted by Crippen LogP contribution is -2.20. The van der Waals surface area contributed by atoms with Gasteiger partial charge in [-0.2, -0.15) is 0 Å². The third-order valence-corrected chi connectivity index (χ3v) is 2.32. The molecule has 1 aromatic heterocycles. The molecule has 1 heterocycles. The molecule has 0 aliphatic heterocycles. The van der Waals surface area contributed by atoms with Gasteiger partial charge in [0, 0.05) is 0 Å². The topological polar surface area (TPSA) is 120 Å². The van der Waals surface area contributed by atoms with E-state index in [0.717, 1.165) is 0 Å². The average molecular weight is 313 g/mol. The molecule has 0 bridgehead atoms. The van der Waals surface area contributed by atoms with Crippen molar-refractivity contribution in [1.82, 2.24) is 9.97 Å². The zero-order chi connectivity index (χ0) is 14.5. The summed E-state index contributed by atoms with van der Waals surface area (Å²) >= 11 is 0. The van der Waals surface area contributed by atoms with Crippen LogP contribution >= 0.6 is 12.4 Å². The summed E-state index contributed by atoms with van der Waals surface area (Å²) in [6.07, 6.45) is 0. The van der Waals surface area contributed by atoms with Crippen molar-refractivity contribution >= 4 is 23.8 Å². The molecule has 0 atom stereocenters. The number of hydrogen-bond donors (Lipinski definition) is 3. The van der Waals surface area contributed by atoms with Gasteiger partial charge in [-0.15, -0.1) is 22.6 Å². The molecule has 0 spiro atoms. The Bertz CT molecular complexity index is 753. The van der Waals surface area contributed by atoms with E-state index in [1.165, 1.54) is 0 Å². The summed E-state index contributed by atoms with van der Waals surface area (Å²) in [6, 6.07) is 6.85. The minimum Gasteiger partial charge on any atom is -0.493 e. The van der Waals surface area contributed by atoms with Gasteiger partial charge in [-0.1, -0.05) is 12.1 Å². The first-order chi connectivity index (χ1) is 9.61. The number of rotatable bonds is 4. The first kappa shape index (κ1) is 16.4. The van der Waals surface area contributed by atoms with E-state index in [2.05, 4.69) is 10.2 Å². The molecule has 8 nitrogen and oxygen atoms in total. The van der Waals surface area contributed by atoms with E-state index in [-0.39, 0.29) is 18.1 Å². The minimum atomic E-state index is -0.830. The van der Waals surface area contributed by atoms with E-state index in [9.17, 15) is 14.7 Å². The molecule has 2 aromatic rings. The standard InChI is InChI=1S/C12H12N4O4.ClH/c1-2-20-8-6-4-3-5-7(8)15-16-9-10(17)13-12(19)14-11(9)18;/h3-6H,2H2,1H3,(H3,13,14,17,18,19);1H. The van der Waals surface area contributed by atoms with Crippen LogP contribution in [0, 0.1) is 0 Å². The molecule has 0 radical (unpaired) electrons. The van der Waals surface area contributed by atoms with Crippen molar-refractivity contribution in [3.05, 3.63) is 45.1 Å². The molecule has 9 heteroatoms. The lowest BCUT2D eigenvalue weighted by Gasteiger charge is -2.04. The Morgan fingerprint density at radius 1 is 1.19 bits per heavy atom. The number of aromatic hydroxyl groups is 1. The molecule has 21 heavy (non-hydrogen) atoms. The Balaban J connectivity index is 0.00000220. The van der Waals surface area contributed by atoms with Gasteiger partial charge in [-0.25, -0.2) is 4.79 Å². The summed E-state index contributed by atoms with van der Waals surface area (Å²) in [7, 11) is 0. The van der Waals surface area contributed by atoms with E-state index in [4.69, 9.17) is 4.74 Å². The highest BCUT2D eigenvalue weighted by Gasteiger charge is 2.08. The zero-order valence-corrected chi connectivity index (χ0v) is 11.8. The van der Waals surface area contributed by atoms with E-state index in [1.807, 2.05) is 16.9 Å². The van der Waals surface area contributed by atoms with Crippen molar-refractivity contribution in [2.24, 2.45) is 10.2 Å². The number of para-hydroxylation sites is 1. The quantitative estimate of drug-likeness (QED) is 0.748. The Labute approximate surface area is 124 Å². The number of benzene rings is 1. The molecule has 1 aromatic carbocycles. The van der Waals surface area contributed by atoms with Crippen molar-refractivity contribution in [3.63, 3.8) is 0 Å². The Morgan fingerprint density at radius 2 is 1.90 bits per heavy atom. The highest BCUT2D eigenvalue weighted by molar-refractivity contribution is 5.85. The molecule has 0 saturated heterocycles. The molecular weight excluding hydrogens is 300 g/mol. The molecule has 0 saturated carbocycles. The van der Waals surface area contributed by atoms with Crippen molar-refractivity contribution in [2.45, 2.75) is 6.92 Å². The van der Waals surface area contributed by atoms with Gasteiger partial charge >= 0.3 is 5.69 Å². The van der Waals surface area contributed by atoms with Crippen LogP contribution < -0.4 is 16.0 Å². The molecule has 3 N–H and O–H groups in total. The van der Waals surface area contributed by atoms with Gasteiger partial charge in [0.15, 0.2) is 0 Å². The first-order valence-corrected chi connectivity index (χ1v) is 5.81. The summed E-state index contributed by atoms with van der Waals surface area (Å²) in [5, 5.41) is 16.9. The van der Waals surface area contributed by atoms with Gasteiger partial charge in [0.2, 0.25) is 11.6 Å². The zero-order valence-electron chi connectivity index (χ0n) is 11.0. The number of ether oxygens (including phenoxy) is 1. The lowest BCUT2D eigenvalue weighted by atomic mass is 10.3. The SMILES string of the molecule is CCOc1ccccc1N=Nc1c(O)[nH]c(=O)[nH]c1=O.Cl. The van der Waals surface area contributed by atoms with E-state index in [1.54, 1.807) is 24.3 Å². The number of aromatic amines is 2. The number of aromatic nitrogens is 2. The van der Waals surface area contributed by atoms with Gasteiger partial charge in [-0.3, -0.25) is 14.8 Å². The summed E-state index contributed by atoms with van der Waals surface area (Å²) < 4.78 is 5.35. The van der Waals surface area contributed by atoms with Gasteiger partial charge in [0.1, 0.15) is 11.4 Å². The van der Waals surface area contributed by atoms with Crippen molar-refractivity contribution in [2.75, 3.05) is 6.61 Å². The number of nitrogens with one attached hydrogen (secondary N) is 2. The van der Waals surface area contributed by atoms with Gasteiger partial charge in [-0.05, 0) is 19.1 Å². The second-order valence-electron chi connectivity index (χ2n) is 3.71. The van der Waals surface area contributed by atoms with Crippen molar-refractivity contribution < 1.29 is 9.84 Å². The van der Waals surface area contributed by atoms with Gasteiger partial charge in [0.05, 0.1) is 6.61 Å². The highest BCUT2D eigenvalue weighted by Crippen LogP contribution is 2.29. The van der Waals surface area contributed by atoms with Crippen molar-refractivity contribution in [3.8, 4) is 11.6 Å². The fraction of sp³-hybridized carbons (Fsp3) is 0.167. The monoisotopic (exact) mass is 312 g/mol. The van der Waals surface area contributed by atoms with Crippen LogP contribution in [-0.2, 0) is 0 Å². The molecule has 2 rings (SSSR count). The highest BCUT2D eigenvalue weighted by atomic mass is 35.5. The van der Waals surface area contributed by atoms with Gasteiger partial charge in [0.25, 0.3) is 5.56 Å². The van der Waals surface area contributed by atoms with E-state index >= 15 is 0 Å². The van der Waals surface area contributed by atoms with Crippen LogP contribution in [0.25, 0.3) is 0 Å². The summed E-state index contributed by atoms with van der Waals surface area (Å²) in [6.45, 7) is 2.28. The van der Waals surface area contributed by atoms with Gasteiger partial charge < -0.3 is 9.84 Å². The van der Waals surface area contributed by atoms with Crippen LogP contribution in [0.1, 0.15) is 6.92 Å². The third-order valence-electron chi connectivity index (χ3n) is 2.32. The van der Waals surface area contributed by atoms with Crippen LogP contribution in [-0.4, -0.2) is 21.7 Å². The predicted octanol–water partition coefficient (Wildman–Crippen LogP) is 2.00. The molecular formula is C12H13ClN4O4. The van der Waals surface area contributed by atoms with Crippen LogP contribution in [0.5, 0.6) is 11.6 Å². The van der Waals surface area contributed by atoms with Crippen LogP contribution in [0.2, 0.25) is 0 Å². The fourth-order valence-corrected chi connectivity index (χ4v) is 1.48. The Kier molecular flexibility index (Phi) is 5.67. The number of nitrogens with zero attached hydrogens (tertiary/aromatic N) is 2. The van der Waals surface area contributed by atoms with Crippen LogP contribution in [0.3, 0.4) is 0 Å². The average Bonchev–Trinajstić information content (AvgIpc) is 2.39. The second kappa shape index (κ2) is 7.25. The smallest absolute Gasteiger partial charge is 0.328 e. The van der Waals surface area contributed by atoms with Crippen LogP contribution in [0.4, 0.5) is 11.4 Å². The molecule has 112 valence electrons. The summed E-state index contributed by atoms with van der Waals surface area (Å²) in [5.74, 6) is -0.143. The van der Waals surface area contributed by atoms with E-state index < -0.39 is 17.1 Å². The largest absolute Gasteiger partial charge is 0.493 e. The Hall–Kier alpha value is -2.61.